The quantitative estimate of drug-likeness (QED) is 0.419. The smallest absolute Gasteiger partial charge is 0.270 e. The fraction of sp³-hybridized carbons (Fsp3) is 0.211. The number of halogens is 1. The lowest BCUT2D eigenvalue weighted by Crippen LogP contribution is -2.47. The van der Waals surface area contributed by atoms with Crippen LogP contribution in [0.25, 0.3) is 10.9 Å². The molecule has 1 heterocycles. The highest BCUT2D eigenvalue weighted by atomic mass is 35.5. The lowest BCUT2D eigenvalue weighted by molar-refractivity contribution is -0.384. The van der Waals surface area contributed by atoms with E-state index in [1.165, 1.54) is 12.1 Å². The van der Waals surface area contributed by atoms with Crippen LogP contribution in [0.15, 0.2) is 42.6 Å². The first kappa shape index (κ1) is 20.3. The molecule has 0 aliphatic carbocycles. The summed E-state index contributed by atoms with van der Waals surface area (Å²) in [4.78, 5) is 35.6. The Bertz CT molecular complexity index is 1100. The van der Waals surface area contributed by atoms with Crippen molar-refractivity contribution in [3.8, 4) is 0 Å². The Morgan fingerprint density at radius 2 is 1.97 bits per heavy atom. The zero-order chi connectivity index (χ0) is 21.1. The van der Waals surface area contributed by atoms with Gasteiger partial charge in [-0.15, -0.1) is 0 Å². The van der Waals surface area contributed by atoms with E-state index in [0.29, 0.717) is 5.69 Å². The van der Waals surface area contributed by atoms with Gasteiger partial charge in [0.15, 0.2) is 0 Å². The van der Waals surface area contributed by atoms with Gasteiger partial charge in [0.05, 0.1) is 27.2 Å². The normalized spacial score (nSPS) is 12.0. The topological polar surface area (TPSA) is 130 Å². The number of nitrogens with zero attached hydrogens (tertiary/aromatic N) is 2. The van der Waals surface area contributed by atoms with Gasteiger partial charge in [-0.2, -0.15) is 5.10 Å². The van der Waals surface area contributed by atoms with Crippen LogP contribution in [0.5, 0.6) is 0 Å². The number of anilines is 1. The van der Waals surface area contributed by atoms with Crippen LogP contribution in [0.3, 0.4) is 0 Å². The van der Waals surface area contributed by atoms with Gasteiger partial charge in [0.1, 0.15) is 6.04 Å². The number of non-ortho nitro benzene ring substituents is 1. The van der Waals surface area contributed by atoms with Crippen molar-refractivity contribution in [2.75, 3.05) is 5.32 Å². The molecule has 1 aromatic heterocycles. The molecule has 0 saturated carbocycles. The first-order valence-electron chi connectivity index (χ1n) is 8.75. The van der Waals surface area contributed by atoms with Crippen molar-refractivity contribution in [2.45, 2.75) is 19.9 Å². The number of aromatic nitrogens is 2. The van der Waals surface area contributed by atoms with E-state index in [9.17, 15) is 19.7 Å². The molecular weight excluding hydrogens is 398 g/mol. The molecule has 0 spiro atoms. The molecule has 0 aliphatic rings. The van der Waals surface area contributed by atoms with E-state index in [0.717, 1.165) is 17.0 Å². The molecule has 0 fully saturated rings. The number of carbonyl (C=O) groups excluding carboxylic acids is 2. The van der Waals surface area contributed by atoms with E-state index in [4.69, 9.17) is 11.6 Å². The first-order valence-corrected chi connectivity index (χ1v) is 9.13. The van der Waals surface area contributed by atoms with Gasteiger partial charge < -0.3 is 10.6 Å². The van der Waals surface area contributed by atoms with Gasteiger partial charge in [0.2, 0.25) is 5.91 Å². The van der Waals surface area contributed by atoms with Crippen LogP contribution in [-0.2, 0) is 4.79 Å². The fourth-order valence-electron chi connectivity index (χ4n) is 2.80. The van der Waals surface area contributed by atoms with Gasteiger partial charge in [-0.05, 0) is 30.2 Å². The molecule has 3 rings (SSSR count). The maximum atomic E-state index is 12.8. The lowest BCUT2D eigenvalue weighted by atomic mass is 10.0. The Morgan fingerprint density at radius 1 is 1.21 bits per heavy atom. The van der Waals surface area contributed by atoms with E-state index in [1.54, 1.807) is 38.2 Å². The number of hydrogen-bond donors (Lipinski definition) is 3. The summed E-state index contributed by atoms with van der Waals surface area (Å²) in [7, 11) is 0. The van der Waals surface area contributed by atoms with Gasteiger partial charge in [-0.1, -0.05) is 25.4 Å². The van der Waals surface area contributed by atoms with Crippen LogP contribution in [0.2, 0.25) is 5.02 Å². The number of nitrogens with one attached hydrogen (secondary N) is 3. The molecule has 0 saturated heterocycles. The predicted molar refractivity (Wildman–Crippen MR) is 109 cm³/mol. The third-order valence-corrected chi connectivity index (χ3v) is 4.66. The molecule has 1 atom stereocenters. The van der Waals surface area contributed by atoms with E-state index in [1.807, 2.05) is 0 Å². The van der Waals surface area contributed by atoms with E-state index in [-0.39, 0.29) is 22.2 Å². The molecule has 0 radical (unpaired) electrons. The van der Waals surface area contributed by atoms with Crippen molar-refractivity contribution >= 4 is 45.7 Å². The molecule has 1 unspecified atom stereocenters. The van der Waals surface area contributed by atoms with E-state index >= 15 is 0 Å². The molecule has 0 bridgehead atoms. The molecule has 2 amide bonds. The second-order valence-electron chi connectivity index (χ2n) is 6.78. The molecule has 29 heavy (non-hydrogen) atoms. The first-order chi connectivity index (χ1) is 13.8. The number of hydrogen-bond acceptors (Lipinski definition) is 5. The molecule has 150 valence electrons. The molecular formula is C19H18ClN5O4. The van der Waals surface area contributed by atoms with Crippen molar-refractivity contribution < 1.29 is 14.5 Å². The summed E-state index contributed by atoms with van der Waals surface area (Å²) in [6, 6.07) is 7.99. The largest absolute Gasteiger partial charge is 0.340 e. The zero-order valence-corrected chi connectivity index (χ0v) is 16.4. The van der Waals surface area contributed by atoms with Crippen LogP contribution in [-0.4, -0.2) is 33.0 Å². The molecule has 10 heteroatoms. The molecule has 0 aliphatic heterocycles. The highest BCUT2D eigenvalue weighted by Crippen LogP contribution is 2.23. The summed E-state index contributed by atoms with van der Waals surface area (Å²) < 4.78 is 0. The third-order valence-electron chi connectivity index (χ3n) is 4.35. The fourth-order valence-corrected chi connectivity index (χ4v) is 3.06. The second kappa shape index (κ2) is 8.27. The maximum Gasteiger partial charge on any atom is 0.270 e. The Hall–Kier alpha value is -3.46. The number of benzene rings is 2. The molecule has 9 nitrogen and oxygen atoms in total. The summed E-state index contributed by atoms with van der Waals surface area (Å²) in [5.74, 6) is -1.20. The monoisotopic (exact) mass is 415 g/mol. The van der Waals surface area contributed by atoms with Crippen molar-refractivity contribution in [2.24, 2.45) is 5.92 Å². The minimum atomic E-state index is -0.839. The number of aromatic amines is 1. The third kappa shape index (κ3) is 4.52. The Kier molecular flexibility index (Phi) is 5.79. The van der Waals surface area contributed by atoms with Crippen molar-refractivity contribution in [3.63, 3.8) is 0 Å². The highest BCUT2D eigenvalue weighted by Gasteiger charge is 2.26. The summed E-state index contributed by atoms with van der Waals surface area (Å²) in [5.41, 5.74) is 1.23. The number of rotatable bonds is 6. The number of nitro groups is 1. The molecule has 2 aromatic carbocycles. The van der Waals surface area contributed by atoms with Crippen LogP contribution in [0.4, 0.5) is 11.4 Å². The summed E-state index contributed by atoms with van der Waals surface area (Å²) in [6.45, 7) is 3.59. The van der Waals surface area contributed by atoms with Crippen LogP contribution in [0.1, 0.15) is 24.2 Å². The van der Waals surface area contributed by atoms with Gasteiger partial charge in [-0.3, -0.25) is 24.8 Å². The summed E-state index contributed by atoms with van der Waals surface area (Å²) in [6.07, 6.45) is 1.64. The zero-order valence-electron chi connectivity index (χ0n) is 15.6. The molecule has 3 aromatic rings. The average molecular weight is 416 g/mol. The van der Waals surface area contributed by atoms with Gasteiger partial charge in [0, 0.05) is 23.2 Å². The Labute approximate surface area is 170 Å². The number of fused-ring (bicyclic) bond motifs is 1. The maximum absolute atomic E-state index is 12.8. The SMILES string of the molecule is CC(C)C(NC(=O)c1ccc([N+](=O)[O-])cc1Cl)C(=O)Nc1ccc2[nH]ncc2c1. The lowest BCUT2D eigenvalue weighted by Gasteiger charge is -2.22. The number of amides is 2. The second-order valence-corrected chi connectivity index (χ2v) is 7.18. The van der Waals surface area contributed by atoms with Crippen LogP contribution < -0.4 is 10.6 Å². The standard InChI is InChI=1S/C19H18ClN5O4/c1-10(2)17(19(27)22-12-3-6-16-11(7-12)9-21-24-16)23-18(26)14-5-4-13(25(28)29)8-15(14)20/h3-10,17H,1-2H3,(H,21,24)(H,22,27)(H,23,26). The van der Waals surface area contributed by atoms with Crippen molar-refractivity contribution in [1.29, 1.82) is 0 Å². The highest BCUT2D eigenvalue weighted by molar-refractivity contribution is 6.34. The van der Waals surface area contributed by atoms with E-state index < -0.39 is 22.8 Å². The van der Waals surface area contributed by atoms with Crippen molar-refractivity contribution in [1.82, 2.24) is 15.5 Å². The van der Waals surface area contributed by atoms with Gasteiger partial charge in [0.25, 0.3) is 11.6 Å². The minimum Gasteiger partial charge on any atom is -0.340 e. The minimum absolute atomic E-state index is 0.0514. The Balaban J connectivity index is 1.75. The van der Waals surface area contributed by atoms with Gasteiger partial charge >= 0.3 is 0 Å². The predicted octanol–water partition coefficient (Wildman–Crippen LogP) is 3.52. The van der Waals surface area contributed by atoms with Crippen LogP contribution in [0, 0.1) is 16.0 Å². The van der Waals surface area contributed by atoms with Crippen molar-refractivity contribution in [3.05, 3.63) is 63.3 Å². The molecule has 3 N–H and O–H groups in total. The van der Waals surface area contributed by atoms with Gasteiger partial charge in [-0.25, -0.2) is 0 Å². The average Bonchev–Trinajstić information content (AvgIpc) is 3.13. The number of carbonyl (C=O) groups is 2. The summed E-state index contributed by atoms with van der Waals surface area (Å²) >= 11 is 6.01. The Morgan fingerprint density at radius 3 is 2.62 bits per heavy atom. The van der Waals surface area contributed by atoms with Crippen LogP contribution >= 0.6 is 11.6 Å². The number of nitro benzene ring substituents is 1. The summed E-state index contributed by atoms with van der Waals surface area (Å²) in [5, 5.41) is 23.8. The number of H-pyrrole nitrogens is 1. The van der Waals surface area contributed by atoms with E-state index in [2.05, 4.69) is 20.8 Å².